The van der Waals surface area contributed by atoms with Gasteiger partial charge in [-0.1, -0.05) is 18.2 Å². The summed E-state index contributed by atoms with van der Waals surface area (Å²) in [5.41, 5.74) is 2.14. The van der Waals surface area contributed by atoms with Gasteiger partial charge in [0, 0.05) is 42.4 Å². The summed E-state index contributed by atoms with van der Waals surface area (Å²) in [6, 6.07) is 13.3. The van der Waals surface area contributed by atoms with Crippen LogP contribution in [0.3, 0.4) is 0 Å². The van der Waals surface area contributed by atoms with Crippen molar-refractivity contribution in [2.75, 3.05) is 13.1 Å². The monoisotopic (exact) mass is 348 g/mol. The molecule has 1 fully saturated rings. The minimum absolute atomic E-state index is 0.0123. The number of amides is 2. The minimum Gasteiger partial charge on any atom is -0.351 e. The predicted molar refractivity (Wildman–Crippen MR) is 98.9 cm³/mol. The Balaban J connectivity index is 1.35. The van der Waals surface area contributed by atoms with E-state index in [2.05, 4.69) is 15.3 Å². The van der Waals surface area contributed by atoms with Crippen molar-refractivity contribution >= 4 is 22.7 Å². The molecule has 2 N–H and O–H groups in total. The van der Waals surface area contributed by atoms with Gasteiger partial charge in [0.25, 0.3) is 11.8 Å². The molecule has 0 radical (unpaired) electrons. The molecule has 2 amide bonds. The number of rotatable bonds is 3. The van der Waals surface area contributed by atoms with Crippen LogP contribution in [0.2, 0.25) is 0 Å². The van der Waals surface area contributed by atoms with Crippen LogP contribution in [-0.4, -0.2) is 45.8 Å². The standard InChI is InChI=1S/C20H20N4O2/c25-19(15-5-3-9-21-13-15)22-16-7-10-24(11-8-16)20(26)18-12-14-4-1-2-6-17(14)23-18/h1-6,9,12-13,16,23H,7-8,10-11H2,(H,22,25). The van der Waals surface area contributed by atoms with E-state index in [-0.39, 0.29) is 17.9 Å². The van der Waals surface area contributed by atoms with Crippen molar-refractivity contribution in [3.05, 3.63) is 66.1 Å². The fourth-order valence-corrected chi connectivity index (χ4v) is 3.35. The number of hydrogen-bond acceptors (Lipinski definition) is 3. The van der Waals surface area contributed by atoms with E-state index in [9.17, 15) is 9.59 Å². The summed E-state index contributed by atoms with van der Waals surface area (Å²) in [5, 5.41) is 4.07. The largest absolute Gasteiger partial charge is 0.351 e. The normalized spacial score (nSPS) is 15.2. The third-order valence-corrected chi connectivity index (χ3v) is 4.80. The van der Waals surface area contributed by atoms with Gasteiger partial charge in [-0.3, -0.25) is 14.6 Å². The molecule has 0 spiro atoms. The second-order valence-electron chi connectivity index (χ2n) is 6.55. The molecule has 0 saturated carbocycles. The van der Waals surface area contributed by atoms with Crippen molar-refractivity contribution in [2.24, 2.45) is 0 Å². The molecule has 1 aromatic carbocycles. The zero-order chi connectivity index (χ0) is 17.9. The van der Waals surface area contributed by atoms with E-state index in [0.29, 0.717) is 24.3 Å². The Morgan fingerprint density at radius 3 is 2.65 bits per heavy atom. The zero-order valence-electron chi connectivity index (χ0n) is 14.3. The second kappa shape index (κ2) is 7.00. The highest BCUT2D eigenvalue weighted by Gasteiger charge is 2.25. The molecule has 0 aliphatic carbocycles. The highest BCUT2D eigenvalue weighted by Crippen LogP contribution is 2.18. The Labute approximate surface area is 151 Å². The number of piperidine rings is 1. The van der Waals surface area contributed by atoms with Gasteiger partial charge in [-0.15, -0.1) is 0 Å². The molecule has 4 rings (SSSR count). The second-order valence-corrected chi connectivity index (χ2v) is 6.55. The van der Waals surface area contributed by atoms with Crippen molar-refractivity contribution in [3.8, 4) is 0 Å². The highest BCUT2D eigenvalue weighted by molar-refractivity contribution is 5.98. The Morgan fingerprint density at radius 2 is 1.92 bits per heavy atom. The number of pyridine rings is 1. The van der Waals surface area contributed by atoms with Gasteiger partial charge in [-0.25, -0.2) is 0 Å². The minimum atomic E-state index is -0.113. The number of nitrogens with one attached hydrogen (secondary N) is 2. The number of likely N-dealkylation sites (tertiary alicyclic amines) is 1. The molecule has 3 heterocycles. The topological polar surface area (TPSA) is 78.1 Å². The molecule has 2 aromatic heterocycles. The van der Waals surface area contributed by atoms with Crippen LogP contribution in [0, 0.1) is 0 Å². The van der Waals surface area contributed by atoms with Crippen molar-refractivity contribution < 1.29 is 9.59 Å². The molecule has 6 nitrogen and oxygen atoms in total. The van der Waals surface area contributed by atoms with Crippen molar-refractivity contribution in [3.63, 3.8) is 0 Å². The maximum Gasteiger partial charge on any atom is 0.270 e. The van der Waals surface area contributed by atoms with Gasteiger partial charge in [-0.05, 0) is 37.1 Å². The molecule has 1 saturated heterocycles. The first kappa shape index (κ1) is 16.3. The van der Waals surface area contributed by atoms with Crippen LogP contribution >= 0.6 is 0 Å². The Bertz CT molecular complexity index is 894. The Hall–Kier alpha value is -3.15. The molecule has 0 bridgehead atoms. The van der Waals surface area contributed by atoms with Gasteiger partial charge in [0.05, 0.1) is 5.56 Å². The number of para-hydroxylation sites is 1. The SMILES string of the molecule is O=C(NC1CCN(C(=O)c2cc3ccccc3[nH]2)CC1)c1cccnc1. The summed E-state index contributed by atoms with van der Waals surface area (Å²) < 4.78 is 0. The number of aromatic amines is 1. The molecular formula is C20H20N4O2. The molecule has 1 aliphatic heterocycles. The number of aromatic nitrogens is 2. The number of benzene rings is 1. The van der Waals surface area contributed by atoms with E-state index in [1.54, 1.807) is 24.5 Å². The Kier molecular flexibility index (Phi) is 4.39. The van der Waals surface area contributed by atoms with E-state index in [1.807, 2.05) is 35.2 Å². The molecule has 0 unspecified atom stereocenters. The van der Waals surface area contributed by atoms with Crippen LogP contribution in [-0.2, 0) is 0 Å². The fourth-order valence-electron chi connectivity index (χ4n) is 3.35. The van der Waals surface area contributed by atoms with Crippen molar-refractivity contribution in [1.82, 2.24) is 20.2 Å². The van der Waals surface area contributed by atoms with Gasteiger partial charge >= 0.3 is 0 Å². The number of H-pyrrole nitrogens is 1. The van der Waals surface area contributed by atoms with Gasteiger partial charge in [0.2, 0.25) is 0 Å². The molecule has 1 aliphatic rings. The van der Waals surface area contributed by atoms with Gasteiger partial charge in [-0.2, -0.15) is 0 Å². The number of carbonyl (C=O) groups excluding carboxylic acids is 2. The predicted octanol–water partition coefficient (Wildman–Crippen LogP) is 2.60. The zero-order valence-corrected chi connectivity index (χ0v) is 14.3. The van der Waals surface area contributed by atoms with Crippen LogP contribution in [0.5, 0.6) is 0 Å². The van der Waals surface area contributed by atoms with Crippen LogP contribution in [0.1, 0.15) is 33.7 Å². The molecule has 26 heavy (non-hydrogen) atoms. The summed E-state index contributed by atoms with van der Waals surface area (Å²) in [6.07, 6.45) is 4.70. The average molecular weight is 348 g/mol. The van der Waals surface area contributed by atoms with E-state index >= 15 is 0 Å². The van der Waals surface area contributed by atoms with E-state index in [4.69, 9.17) is 0 Å². The van der Waals surface area contributed by atoms with E-state index < -0.39 is 0 Å². The van der Waals surface area contributed by atoms with Gasteiger partial charge in [0.15, 0.2) is 0 Å². The van der Waals surface area contributed by atoms with Gasteiger partial charge in [0.1, 0.15) is 5.69 Å². The summed E-state index contributed by atoms with van der Waals surface area (Å²) >= 11 is 0. The average Bonchev–Trinajstić information content (AvgIpc) is 3.13. The van der Waals surface area contributed by atoms with Crippen LogP contribution in [0.4, 0.5) is 0 Å². The molecular weight excluding hydrogens is 328 g/mol. The lowest BCUT2D eigenvalue weighted by atomic mass is 10.0. The lowest BCUT2D eigenvalue weighted by Crippen LogP contribution is -2.46. The van der Waals surface area contributed by atoms with Crippen LogP contribution < -0.4 is 5.32 Å². The number of hydrogen-bond donors (Lipinski definition) is 2. The van der Waals surface area contributed by atoms with E-state index in [1.165, 1.54) is 0 Å². The van der Waals surface area contributed by atoms with E-state index in [0.717, 1.165) is 23.7 Å². The smallest absolute Gasteiger partial charge is 0.270 e. The molecule has 0 atom stereocenters. The first-order valence-corrected chi connectivity index (χ1v) is 8.78. The first-order chi connectivity index (χ1) is 12.7. The van der Waals surface area contributed by atoms with Crippen molar-refractivity contribution in [1.29, 1.82) is 0 Å². The third-order valence-electron chi connectivity index (χ3n) is 4.80. The van der Waals surface area contributed by atoms with Crippen LogP contribution in [0.25, 0.3) is 10.9 Å². The molecule has 132 valence electrons. The number of nitrogens with zero attached hydrogens (tertiary/aromatic N) is 2. The fraction of sp³-hybridized carbons (Fsp3) is 0.250. The Morgan fingerprint density at radius 1 is 1.12 bits per heavy atom. The van der Waals surface area contributed by atoms with Gasteiger partial charge < -0.3 is 15.2 Å². The van der Waals surface area contributed by atoms with Crippen molar-refractivity contribution in [2.45, 2.75) is 18.9 Å². The molecule has 3 aromatic rings. The number of fused-ring (bicyclic) bond motifs is 1. The maximum atomic E-state index is 12.7. The maximum absolute atomic E-state index is 12.7. The summed E-state index contributed by atoms with van der Waals surface area (Å²) in [7, 11) is 0. The first-order valence-electron chi connectivity index (χ1n) is 8.78. The quantitative estimate of drug-likeness (QED) is 0.764. The third kappa shape index (κ3) is 3.31. The lowest BCUT2D eigenvalue weighted by Gasteiger charge is -2.32. The molecule has 6 heteroatoms. The summed E-state index contributed by atoms with van der Waals surface area (Å²) in [6.45, 7) is 1.26. The lowest BCUT2D eigenvalue weighted by molar-refractivity contribution is 0.0693. The van der Waals surface area contributed by atoms with Crippen LogP contribution in [0.15, 0.2) is 54.9 Å². The number of carbonyl (C=O) groups is 2. The highest BCUT2D eigenvalue weighted by atomic mass is 16.2. The summed E-state index contributed by atoms with van der Waals surface area (Å²) in [5.74, 6) is -0.100. The summed E-state index contributed by atoms with van der Waals surface area (Å²) in [4.78, 5) is 33.9.